The Morgan fingerprint density at radius 2 is 1.88 bits per heavy atom. The molecule has 10 heteroatoms. The van der Waals surface area contributed by atoms with Crippen molar-refractivity contribution < 1.29 is 27.2 Å². The van der Waals surface area contributed by atoms with Gasteiger partial charge in [-0.25, -0.2) is 13.2 Å². The average Bonchev–Trinajstić information content (AvgIpc) is 3.30. The van der Waals surface area contributed by atoms with E-state index in [-0.39, 0.29) is 17.0 Å². The van der Waals surface area contributed by atoms with E-state index in [1.165, 1.54) is 50.6 Å². The third kappa shape index (κ3) is 5.49. The van der Waals surface area contributed by atoms with Crippen molar-refractivity contribution in [3.63, 3.8) is 0 Å². The van der Waals surface area contributed by atoms with Crippen molar-refractivity contribution in [2.75, 3.05) is 11.4 Å². The van der Waals surface area contributed by atoms with Gasteiger partial charge < -0.3 is 14.5 Å². The van der Waals surface area contributed by atoms with E-state index < -0.39 is 28.0 Å². The van der Waals surface area contributed by atoms with Crippen molar-refractivity contribution in [1.82, 2.24) is 5.32 Å². The quantitative estimate of drug-likeness (QED) is 0.498. The minimum Gasteiger partial charge on any atom is -0.467 e. The number of ether oxygens (including phenoxy) is 1. The number of hydrogen-bond acceptors (Lipinski definition) is 6. The van der Waals surface area contributed by atoms with E-state index in [0.717, 1.165) is 4.31 Å². The smallest absolute Gasteiger partial charge is 0.338 e. The van der Waals surface area contributed by atoms with Crippen LogP contribution in [0.1, 0.15) is 23.0 Å². The van der Waals surface area contributed by atoms with Gasteiger partial charge >= 0.3 is 5.97 Å². The van der Waals surface area contributed by atoms with Crippen molar-refractivity contribution in [2.45, 2.75) is 24.5 Å². The number of carbonyl (C=O) groups is 2. The van der Waals surface area contributed by atoms with Crippen LogP contribution in [0, 0.1) is 0 Å². The summed E-state index contributed by atoms with van der Waals surface area (Å²) in [6.45, 7) is 1.57. The number of esters is 1. The predicted octanol–water partition coefficient (Wildman–Crippen LogP) is 3.62. The number of amides is 1. The molecule has 8 nitrogen and oxygen atoms in total. The van der Waals surface area contributed by atoms with Crippen LogP contribution in [-0.4, -0.2) is 33.4 Å². The fraction of sp³-hybridized carbons (Fsp3) is 0.182. The highest BCUT2D eigenvalue weighted by molar-refractivity contribution is 7.92. The van der Waals surface area contributed by atoms with Gasteiger partial charge in [0.2, 0.25) is 0 Å². The number of rotatable bonds is 8. The molecule has 0 spiro atoms. The Bertz CT molecular complexity index is 1210. The number of benzene rings is 2. The van der Waals surface area contributed by atoms with Crippen molar-refractivity contribution in [3.05, 3.63) is 83.3 Å². The molecule has 1 N–H and O–H groups in total. The summed E-state index contributed by atoms with van der Waals surface area (Å²) in [6.07, 6.45) is 0.391. The minimum absolute atomic E-state index is 0.00347. The number of sulfonamides is 1. The molecule has 0 bridgehead atoms. The molecule has 168 valence electrons. The molecule has 3 rings (SSSR count). The predicted molar refractivity (Wildman–Crippen MR) is 119 cm³/mol. The molecule has 0 saturated heterocycles. The lowest BCUT2D eigenvalue weighted by atomic mass is 10.2. The first-order chi connectivity index (χ1) is 15.2. The lowest BCUT2D eigenvalue weighted by molar-refractivity contribution is -0.129. The average molecular weight is 477 g/mol. The molecular weight excluding hydrogens is 456 g/mol. The molecule has 0 saturated carbocycles. The molecule has 32 heavy (non-hydrogen) atoms. The molecule has 1 heterocycles. The second-order valence-electron chi connectivity index (χ2n) is 6.82. The number of nitrogens with zero attached hydrogens (tertiary/aromatic N) is 1. The monoisotopic (exact) mass is 476 g/mol. The van der Waals surface area contributed by atoms with E-state index in [1.807, 2.05) is 0 Å². The highest BCUT2D eigenvalue weighted by Crippen LogP contribution is 2.25. The first-order valence-corrected chi connectivity index (χ1v) is 11.4. The minimum atomic E-state index is -3.97. The van der Waals surface area contributed by atoms with Crippen molar-refractivity contribution in [3.8, 4) is 0 Å². The number of furan rings is 1. The largest absolute Gasteiger partial charge is 0.467 e. The van der Waals surface area contributed by atoms with Gasteiger partial charge in [0.05, 0.1) is 29.0 Å². The fourth-order valence-corrected chi connectivity index (χ4v) is 4.18. The topological polar surface area (TPSA) is 106 Å². The lowest BCUT2D eigenvalue weighted by Crippen LogP contribution is -2.35. The Labute approximate surface area is 190 Å². The molecule has 2 aromatic carbocycles. The summed E-state index contributed by atoms with van der Waals surface area (Å²) >= 11 is 5.96. The zero-order valence-electron chi connectivity index (χ0n) is 17.3. The fourth-order valence-electron chi connectivity index (χ4n) is 2.77. The molecule has 0 aliphatic carbocycles. The molecule has 1 atom stereocenters. The van der Waals surface area contributed by atoms with Crippen LogP contribution in [0.2, 0.25) is 5.02 Å². The van der Waals surface area contributed by atoms with Crippen LogP contribution in [-0.2, 0) is 26.1 Å². The Balaban J connectivity index is 1.70. The molecule has 0 fully saturated rings. The summed E-state index contributed by atoms with van der Waals surface area (Å²) < 4.78 is 37.4. The van der Waals surface area contributed by atoms with E-state index in [2.05, 4.69) is 5.32 Å². The normalized spacial score (nSPS) is 12.1. The molecule has 0 radical (unpaired) electrons. The standard InChI is InChI=1S/C22H21ClN2O6S/c1-15(21(26)24-14-19-9-5-11-30-19)31-22(27)16-6-3-10-20(12-16)32(28,29)25(2)18-8-4-7-17(23)13-18/h3-13,15H,14H2,1-2H3,(H,24,26). The lowest BCUT2D eigenvalue weighted by Gasteiger charge is -2.20. The molecule has 1 unspecified atom stereocenters. The second kappa shape index (κ2) is 9.88. The summed E-state index contributed by atoms with van der Waals surface area (Å²) in [5.41, 5.74) is 0.364. The molecule has 0 aliphatic heterocycles. The number of anilines is 1. The summed E-state index contributed by atoms with van der Waals surface area (Å²) in [5.74, 6) is -0.786. The second-order valence-corrected chi connectivity index (χ2v) is 9.23. The highest BCUT2D eigenvalue weighted by Gasteiger charge is 2.24. The molecule has 0 aliphatic rings. The molecular formula is C22H21ClN2O6S. The molecule has 1 amide bonds. The van der Waals surface area contributed by atoms with Crippen LogP contribution in [0.3, 0.4) is 0 Å². The Morgan fingerprint density at radius 3 is 2.56 bits per heavy atom. The van der Waals surface area contributed by atoms with Gasteiger partial charge in [-0.15, -0.1) is 0 Å². The van der Waals surface area contributed by atoms with E-state index >= 15 is 0 Å². The van der Waals surface area contributed by atoms with Gasteiger partial charge in [0, 0.05) is 12.1 Å². The van der Waals surface area contributed by atoms with Gasteiger partial charge in [0.25, 0.3) is 15.9 Å². The number of carbonyl (C=O) groups excluding carboxylic acids is 2. The third-order valence-electron chi connectivity index (χ3n) is 4.57. The zero-order chi connectivity index (χ0) is 23.3. The summed E-state index contributed by atoms with van der Waals surface area (Å²) in [5, 5.41) is 2.98. The number of hydrogen-bond donors (Lipinski definition) is 1. The molecule has 3 aromatic rings. The van der Waals surface area contributed by atoms with Crippen molar-refractivity contribution in [2.24, 2.45) is 0 Å². The van der Waals surface area contributed by atoms with Gasteiger partial charge in [-0.2, -0.15) is 0 Å². The first-order valence-electron chi connectivity index (χ1n) is 9.54. The van der Waals surface area contributed by atoms with Crippen LogP contribution in [0.25, 0.3) is 0 Å². The van der Waals surface area contributed by atoms with Crippen molar-refractivity contribution >= 4 is 39.2 Å². The summed E-state index contributed by atoms with van der Waals surface area (Å²) in [7, 11) is -2.58. The Kier molecular flexibility index (Phi) is 7.22. The Morgan fingerprint density at radius 1 is 1.12 bits per heavy atom. The maximum atomic E-state index is 13.0. The van der Waals surface area contributed by atoms with Crippen LogP contribution in [0.15, 0.2) is 76.2 Å². The van der Waals surface area contributed by atoms with Crippen LogP contribution < -0.4 is 9.62 Å². The van der Waals surface area contributed by atoms with Gasteiger partial charge in [-0.05, 0) is 55.5 Å². The maximum absolute atomic E-state index is 13.0. The van der Waals surface area contributed by atoms with E-state index in [4.69, 9.17) is 20.8 Å². The number of halogens is 1. The third-order valence-corrected chi connectivity index (χ3v) is 6.59. The SMILES string of the molecule is CC(OC(=O)c1cccc(S(=O)(=O)N(C)c2cccc(Cl)c2)c1)C(=O)NCc1ccco1. The van der Waals surface area contributed by atoms with Crippen LogP contribution in [0.5, 0.6) is 0 Å². The van der Waals surface area contributed by atoms with Crippen LogP contribution >= 0.6 is 11.6 Å². The molecule has 1 aromatic heterocycles. The Hall–Kier alpha value is -3.30. The van der Waals surface area contributed by atoms with E-state index in [9.17, 15) is 18.0 Å². The van der Waals surface area contributed by atoms with Gasteiger partial charge in [0.15, 0.2) is 6.10 Å². The van der Waals surface area contributed by atoms with Crippen LogP contribution in [0.4, 0.5) is 5.69 Å². The highest BCUT2D eigenvalue weighted by atomic mass is 35.5. The zero-order valence-corrected chi connectivity index (χ0v) is 18.9. The summed E-state index contributed by atoms with van der Waals surface area (Å²) in [6, 6.07) is 15.2. The van der Waals surface area contributed by atoms with E-state index in [1.54, 1.807) is 30.3 Å². The number of nitrogens with one attached hydrogen (secondary N) is 1. The van der Waals surface area contributed by atoms with Gasteiger partial charge in [-0.3, -0.25) is 9.10 Å². The van der Waals surface area contributed by atoms with Gasteiger partial charge in [0.1, 0.15) is 5.76 Å². The van der Waals surface area contributed by atoms with Crippen molar-refractivity contribution in [1.29, 1.82) is 0 Å². The first kappa shape index (κ1) is 23.4. The summed E-state index contributed by atoms with van der Waals surface area (Å²) in [4.78, 5) is 24.6. The van der Waals surface area contributed by atoms with Gasteiger partial charge in [-0.1, -0.05) is 23.7 Å². The van der Waals surface area contributed by atoms with E-state index in [0.29, 0.717) is 16.5 Å². The maximum Gasteiger partial charge on any atom is 0.338 e.